The third-order valence-corrected chi connectivity index (χ3v) is 4.57. The molecule has 1 rings (SSSR count). The molecule has 6 heteroatoms. The first-order valence-electron chi connectivity index (χ1n) is 6.35. The van der Waals surface area contributed by atoms with Gasteiger partial charge in [0.15, 0.2) is 0 Å². The summed E-state index contributed by atoms with van der Waals surface area (Å²) in [5, 5.41) is 3.25. The van der Waals surface area contributed by atoms with Gasteiger partial charge >= 0.3 is 0 Å². The van der Waals surface area contributed by atoms with Crippen molar-refractivity contribution in [3.63, 3.8) is 0 Å². The molecule has 0 saturated carbocycles. The second-order valence-corrected chi connectivity index (χ2v) is 6.48. The number of ether oxygens (including phenoxy) is 1. The summed E-state index contributed by atoms with van der Waals surface area (Å²) in [6.07, 6.45) is 2.39. The summed E-state index contributed by atoms with van der Waals surface area (Å²) in [7, 11) is -3.15. The zero-order chi connectivity index (χ0) is 12.8. The Morgan fingerprint density at radius 3 is 2.71 bits per heavy atom. The highest BCUT2D eigenvalue weighted by atomic mass is 32.2. The van der Waals surface area contributed by atoms with Gasteiger partial charge in [0.1, 0.15) is 0 Å². The largest absolute Gasteiger partial charge is 0.371 e. The molecule has 102 valence electrons. The fourth-order valence-corrected chi connectivity index (χ4v) is 3.12. The van der Waals surface area contributed by atoms with Crippen LogP contribution in [0, 0.1) is 0 Å². The Balaban J connectivity index is 2.46. The minimum absolute atomic E-state index is 0.205. The van der Waals surface area contributed by atoms with E-state index in [0.29, 0.717) is 26.1 Å². The molecule has 1 aliphatic rings. The van der Waals surface area contributed by atoms with Crippen molar-refractivity contribution in [1.29, 1.82) is 0 Å². The maximum absolute atomic E-state index is 11.7. The van der Waals surface area contributed by atoms with Crippen molar-refractivity contribution in [1.82, 2.24) is 10.0 Å². The zero-order valence-corrected chi connectivity index (χ0v) is 11.6. The first kappa shape index (κ1) is 14.9. The molecule has 1 saturated heterocycles. The van der Waals surface area contributed by atoms with Gasteiger partial charge in [0.25, 0.3) is 0 Å². The predicted octanol–water partition coefficient (Wildman–Crippen LogP) is 0.475. The topological polar surface area (TPSA) is 67.4 Å². The van der Waals surface area contributed by atoms with E-state index < -0.39 is 10.0 Å². The van der Waals surface area contributed by atoms with Crippen LogP contribution in [0.1, 0.15) is 33.1 Å². The number of sulfonamides is 1. The molecule has 1 unspecified atom stereocenters. The lowest BCUT2D eigenvalue weighted by Gasteiger charge is -2.37. The van der Waals surface area contributed by atoms with Gasteiger partial charge in [0, 0.05) is 19.6 Å². The van der Waals surface area contributed by atoms with Gasteiger partial charge < -0.3 is 10.1 Å². The molecule has 1 atom stereocenters. The molecule has 1 aliphatic heterocycles. The van der Waals surface area contributed by atoms with Crippen molar-refractivity contribution in [3.8, 4) is 0 Å². The Morgan fingerprint density at radius 2 is 2.18 bits per heavy atom. The molecule has 0 bridgehead atoms. The molecule has 0 aliphatic carbocycles. The maximum Gasteiger partial charge on any atom is 0.211 e. The molecule has 2 N–H and O–H groups in total. The van der Waals surface area contributed by atoms with E-state index in [4.69, 9.17) is 4.74 Å². The Morgan fingerprint density at radius 1 is 1.41 bits per heavy atom. The van der Waals surface area contributed by atoms with Crippen LogP contribution < -0.4 is 10.0 Å². The molecule has 0 radical (unpaired) electrons. The minimum Gasteiger partial charge on any atom is -0.371 e. The molecule has 5 nitrogen and oxygen atoms in total. The van der Waals surface area contributed by atoms with Crippen LogP contribution in [0.15, 0.2) is 0 Å². The highest BCUT2D eigenvalue weighted by Crippen LogP contribution is 2.17. The zero-order valence-electron chi connectivity index (χ0n) is 10.8. The number of nitrogens with one attached hydrogen (secondary N) is 2. The summed E-state index contributed by atoms with van der Waals surface area (Å²) in [4.78, 5) is 0. The van der Waals surface area contributed by atoms with Crippen LogP contribution in [0.4, 0.5) is 0 Å². The van der Waals surface area contributed by atoms with Gasteiger partial charge in [-0.05, 0) is 12.8 Å². The van der Waals surface area contributed by atoms with E-state index in [1.807, 2.05) is 13.8 Å². The lowest BCUT2D eigenvalue weighted by atomic mass is 10.00. The highest BCUT2D eigenvalue weighted by molar-refractivity contribution is 7.89. The molecular formula is C11H24N2O3S. The number of hydrogen-bond donors (Lipinski definition) is 2. The summed E-state index contributed by atoms with van der Waals surface area (Å²) in [5.41, 5.74) is -0.377. The number of morpholine rings is 1. The van der Waals surface area contributed by atoms with Gasteiger partial charge in [-0.3, -0.25) is 0 Å². The lowest BCUT2D eigenvalue weighted by molar-refractivity contribution is -0.0634. The van der Waals surface area contributed by atoms with Crippen molar-refractivity contribution >= 4 is 10.0 Å². The quantitative estimate of drug-likeness (QED) is 0.701. The molecule has 17 heavy (non-hydrogen) atoms. The van der Waals surface area contributed by atoms with Crippen molar-refractivity contribution in [2.24, 2.45) is 0 Å². The molecule has 1 fully saturated rings. The Kier molecular flexibility index (Phi) is 5.85. The average molecular weight is 264 g/mol. The predicted molar refractivity (Wildman–Crippen MR) is 68.5 cm³/mol. The third-order valence-electron chi connectivity index (χ3n) is 3.16. The normalized spacial score (nSPS) is 26.0. The minimum atomic E-state index is -3.15. The van der Waals surface area contributed by atoms with E-state index in [1.165, 1.54) is 0 Å². The fraction of sp³-hybridized carbons (Fsp3) is 1.00. The summed E-state index contributed by atoms with van der Waals surface area (Å²) in [6.45, 7) is 6.56. The van der Waals surface area contributed by atoms with Gasteiger partial charge in [0.05, 0.1) is 18.0 Å². The van der Waals surface area contributed by atoms with E-state index in [2.05, 4.69) is 10.0 Å². The molecule has 0 amide bonds. The molecule has 1 heterocycles. The first-order chi connectivity index (χ1) is 8.04. The molecule has 0 spiro atoms. The summed E-state index contributed by atoms with van der Waals surface area (Å²) < 4.78 is 31.8. The van der Waals surface area contributed by atoms with Gasteiger partial charge in [-0.2, -0.15) is 0 Å². The second-order valence-electron chi connectivity index (χ2n) is 4.56. The van der Waals surface area contributed by atoms with Crippen molar-refractivity contribution in [2.75, 3.05) is 32.0 Å². The van der Waals surface area contributed by atoms with Crippen LogP contribution in [-0.2, 0) is 14.8 Å². The van der Waals surface area contributed by atoms with E-state index in [-0.39, 0.29) is 11.4 Å². The third kappa shape index (κ3) is 4.91. The molecule has 0 aromatic rings. The Bertz CT molecular complexity index is 311. The maximum atomic E-state index is 11.7. The van der Waals surface area contributed by atoms with Crippen molar-refractivity contribution in [3.05, 3.63) is 0 Å². The van der Waals surface area contributed by atoms with Crippen molar-refractivity contribution < 1.29 is 13.2 Å². The van der Waals surface area contributed by atoms with Gasteiger partial charge in [0.2, 0.25) is 10.0 Å². The highest BCUT2D eigenvalue weighted by Gasteiger charge is 2.32. The van der Waals surface area contributed by atoms with Gasteiger partial charge in [-0.25, -0.2) is 13.1 Å². The second kappa shape index (κ2) is 6.68. The van der Waals surface area contributed by atoms with Crippen LogP contribution in [0.25, 0.3) is 0 Å². The monoisotopic (exact) mass is 264 g/mol. The average Bonchev–Trinajstić information content (AvgIpc) is 2.35. The summed E-state index contributed by atoms with van der Waals surface area (Å²) >= 11 is 0. The number of hydrogen-bond acceptors (Lipinski definition) is 4. The SMILES string of the molecule is CCCCS(=O)(=O)NCC1(CC)CNCCO1. The van der Waals surface area contributed by atoms with E-state index in [1.54, 1.807) is 0 Å². The Labute approximate surface area is 104 Å². The molecule has 0 aromatic carbocycles. The standard InChI is InChI=1S/C11H24N2O3S/c1-3-5-8-17(14,15)13-10-11(4-2)9-12-6-7-16-11/h12-13H,3-10H2,1-2H3. The van der Waals surface area contributed by atoms with Gasteiger partial charge in [-0.15, -0.1) is 0 Å². The number of rotatable bonds is 7. The lowest BCUT2D eigenvalue weighted by Crippen LogP contribution is -2.55. The van der Waals surface area contributed by atoms with Crippen LogP contribution in [0.5, 0.6) is 0 Å². The summed E-state index contributed by atoms with van der Waals surface area (Å²) in [6, 6.07) is 0. The van der Waals surface area contributed by atoms with E-state index in [0.717, 1.165) is 19.4 Å². The van der Waals surface area contributed by atoms with Crippen LogP contribution in [0.3, 0.4) is 0 Å². The fourth-order valence-electron chi connectivity index (χ4n) is 1.82. The van der Waals surface area contributed by atoms with E-state index in [9.17, 15) is 8.42 Å². The molecule has 0 aromatic heterocycles. The Hall–Kier alpha value is -0.170. The van der Waals surface area contributed by atoms with Gasteiger partial charge in [-0.1, -0.05) is 20.3 Å². The van der Waals surface area contributed by atoms with Crippen LogP contribution >= 0.6 is 0 Å². The van der Waals surface area contributed by atoms with E-state index >= 15 is 0 Å². The summed E-state index contributed by atoms with van der Waals surface area (Å²) in [5.74, 6) is 0.205. The number of unbranched alkanes of at least 4 members (excludes halogenated alkanes) is 1. The molecular weight excluding hydrogens is 240 g/mol. The van der Waals surface area contributed by atoms with Crippen LogP contribution in [-0.4, -0.2) is 46.0 Å². The van der Waals surface area contributed by atoms with Crippen molar-refractivity contribution in [2.45, 2.75) is 38.7 Å². The first-order valence-corrected chi connectivity index (χ1v) is 8.01. The van der Waals surface area contributed by atoms with Crippen LogP contribution in [0.2, 0.25) is 0 Å². The smallest absolute Gasteiger partial charge is 0.211 e.